The Hall–Kier alpha value is -1.55. The highest BCUT2D eigenvalue weighted by atomic mass is 16.5. The van der Waals surface area contributed by atoms with Crippen molar-refractivity contribution < 1.29 is 14.6 Å². The molecule has 0 unspecified atom stereocenters. The van der Waals surface area contributed by atoms with Crippen LogP contribution in [0.3, 0.4) is 0 Å². The Bertz CT molecular complexity index is 445. The van der Waals surface area contributed by atoms with Gasteiger partial charge in [-0.1, -0.05) is 13.0 Å². The Labute approximate surface area is 107 Å². The molecule has 1 aliphatic heterocycles. The molecule has 0 aromatic heterocycles. The Kier molecular flexibility index (Phi) is 3.87. The molecule has 0 radical (unpaired) electrons. The van der Waals surface area contributed by atoms with Crippen LogP contribution in [-0.2, 0) is 6.42 Å². The molecule has 98 valence electrons. The van der Waals surface area contributed by atoms with Crippen LogP contribution in [0.1, 0.15) is 29.8 Å². The van der Waals surface area contributed by atoms with Gasteiger partial charge < -0.3 is 14.7 Å². The van der Waals surface area contributed by atoms with Crippen molar-refractivity contribution in [3.8, 4) is 5.75 Å². The fraction of sp³-hybridized carbons (Fsp3) is 0.500. The number of carbonyl (C=O) groups excluding carboxylic acids is 1. The number of amides is 1. The third-order valence-electron chi connectivity index (χ3n) is 3.30. The van der Waals surface area contributed by atoms with E-state index in [1.165, 1.54) is 0 Å². The van der Waals surface area contributed by atoms with Gasteiger partial charge >= 0.3 is 0 Å². The van der Waals surface area contributed by atoms with Gasteiger partial charge in [0, 0.05) is 6.54 Å². The van der Waals surface area contributed by atoms with Crippen LogP contribution in [0.25, 0.3) is 0 Å². The molecule has 0 fully saturated rings. The summed E-state index contributed by atoms with van der Waals surface area (Å²) in [5.41, 5.74) is 1.72. The van der Waals surface area contributed by atoms with E-state index in [9.17, 15) is 4.79 Å². The summed E-state index contributed by atoms with van der Waals surface area (Å²) < 4.78 is 5.66. The normalized spacial score (nSPS) is 19.2. The lowest BCUT2D eigenvalue weighted by Crippen LogP contribution is -2.41. The van der Waals surface area contributed by atoms with Gasteiger partial charge in [-0.3, -0.25) is 4.79 Å². The third kappa shape index (κ3) is 2.34. The molecule has 0 spiro atoms. The molecule has 1 amide bonds. The lowest BCUT2D eigenvalue weighted by molar-refractivity contribution is 0.0629. The van der Waals surface area contributed by atoms with Gasteiger partial charge in [0.2, 0.25) is 0 Å². The minimum absolute atomic E-state index is 0.0258. The van der Waals surface area contributed by atoms with Gasteiger partial charge in [0.15, 0.2) is 0 Å². The quantitative estimate of drug-likeness (QED) is 0.882. The molecule has 0 bridgehead atoms. The smallest absolute Gasteiger partial charge is 0.258 e. The summed E-state index contributed by atoms with van der Waals surface area (Å²) >= 11 is 0. The van der Waals surface area contributed by atoms with Crippen LogP contribution in [0.2, 0.25) is 0 Å². The first-order valence-corrected chi connectivity index (χ1v) is 6.35. The second-order valence-corrected chi connectivity index (χ2v) is 4.57. The monoisotopic (exact) mass is 249 g/mol. The van der Waals surface area contributed by atoms with Crippen LogP contribution in [-0.4, -0.2) is 41.7 Å². The number of β-amino-alcohol motifs (C(OH)–C–C–N with tert-alkyl or cyclic N) is 1. The minimum atomic E-state index is -0.0562. The molecular weight excluding hydrogens is 230 g/mol. The van der Waals surface area contributed by atoms with Crippen LogP contribution in [0.4, 0.5) is 0 Å². The van der Waals surface area contributed by atoms with E-state index in [2.05, 4.69) is 6.92 Å². The summed E-state index contributed by atoms with van der Waals surface area (Å²) in [5.74, 6) is 0.587. The van der Waals surface area contributed by atoms with Crippen LogP contribution in [0.5, 0.6) is 5.75 Å². The van der Waals surface area contributed by atoms with E-state index >= 15 is 0 Å². The zero-order chi connectivity index (χ0) is 13.1. The Morgan fingerprint density at radius 3 is 2.94 bits per heavy atom. The number of hydrogen-bond donors (Lipinski definition) is 1. The molecule has 1 aliphatic rings. The van der Waals surface area contributed by atoms with Crippen LogP contribution < -0.4 is 4.74 Å². The van der Waals surface area contributed by atoms with E-state index in [4.69, 9.17) is 9.84 Å². The first kappa shape index (κ1) is 12.9. The van der Waals surface area contributed by atoms with Gasteiger partial charge in [0.05, 0.1) is 18.2 Å². The van der Waals surface area contributed by atoms with Crippen LogP contribution in [0, 0.1) is 0 Å². The second-order valence-electron chi connectivity index (χ2n) is 4.57. The molecular formula is C14H19NO3. The summed E-state index contributed by atoms with van der Waals surface area (Å²) in [7, 11) is 0. The standard InChI is InChI=1S/C14H19NO3/c1-3-11-4-5-13-12(8-11)14(17)15(6-7-16)10(2)9-18-13/h4-5,8,10,16H,3,6-7,9H2,1-2H3/t10-/m0/s1. The van der Waals surface area contributed by atoms with E-state index in [1.54, 1.807) is 4.90 Å². The number of ether oxygens (including phenoxy) is 1. The van der Waals surface area contributed by atoms with Crippen molar-refractivity contribution in [2.24, 2.45) is 0 Å². The maximum atomic E-state index is 12.4. The van der Waals surface area contributed by atoms with Crippen LogP contribution in [0.15, 0.2) is 18.2 Å². The molecule has 1 aromatic rings. The summed E-state index contributed by atoms with van der Waals surface area (Å²) in [6.07, 6.45) is 0.885. The fourth-order valence-corrected chi connectivity index (χ4v) is 2.17. The van der Waals surface area contributed by atoms with Crippen molar-refractivity contribution in [3.05, 3.63) is 29.3 Å². The topological polar surface area (TPSA) is 49.8 Å². The van der Waals surface area contributed by atoms with Gasteiger partial charge in [-0.25, -0.2) is 0 Å². The number of nitrogens with zero attached hydrogens (tertiary/aromatic N) is 1. The summed E-state index contributed by atoms with van der Waals surface area (Å²) in [6.45, 7) is 4.76. The first-order chi connectivity index (χ1) is 8.67. The third-order valence-corrected chi connectivity index (χ3v) is 3.30. The van der Waals surface area contributed by atoms with Crippen LogP contribution >= 0.6 is 0 Å². The summed E-state index contributed by atoms with van der Waals surface area (Å²) in [6, 6.07) is 5.71. The molecule has 1 aromatic carbocycles. The van der Waals surface area contributed by atoms with E-state index in [-0.39, 0.29) is 18.6 Å². The Balaban J connectivity index is 2.39. The lowest BCUT2D eigenvalue weighted by atomic mass is 10.1. The zero-order valence-corrected chi connectivity index (χ0v) is 10.8. The lowest BCUT2D eigenvalue weighted by Gasteiger charge is -2.25. The van der Waals surface area contributed by atoms with E-state index in [0.29, 0.717) is 24.5 Å². The van der Waals surface area contributed by atoms with E-state index in [0.717, 1.165) is 12.0 Å². The predicted octanol–water partition coefficient (Wildman–Crippen LogP) is 1.46. The molecule has 18 heavy (non-hydrogen) atoms. The van der Waals surface area contributed by atoms with Gasteiger partial charge in [-0.2, -0.15) is 0 Å². The Morgan fingerprint density at radius 2 is 2.28 bits per heavy atom. The maximum Gasteiger partial charge on any atom is 0.258 e. The maximum absolute atomic E-state index is 12.4. The number of aliphatic hydroxyl groups excluding tert-OH is 1. The minimum Gasteiger partial charge on any atom is -0.491 e. The zero-order valence-electron chi connectivity index (χ0n) is 10.8. The fourth-order valence-electron chi connectivity index (χ4n) is 2.17. The summed E-state index contributed by atoms with van der Waals surface area (Å²) in [4.78, 5) is 14.1. The first-order valence-electron chi connectivity index (χ1n) is 6.35. The summed E-state index contributed by atoms with van der Waals surface area (Å²) in [5, 5.41) is 9.06. The van der Waals surface area contributed by atoms with Crippen molar-refractivity contribution in [3.63, 3.8) is 0 Å². The number of benzene rings is 1. The largest absolute Gasteiger partial charge is 0.491 e. The van der Waals surface area contributed by atoms with E-state index < -0.39 is 0 Å². The van der Waals surface area contributed by atoms with Gasteiger partial charge in [-0.15, -0.1) is 0 Å². The van der Waals surface area contributed by atoms with Gasteiger partial charge in [0.1, 0.15) is 12.4 Å². The molecule has 0 aliphatic carbocycles. The number of aryl methyl sites for hydroxylation is 1. The van der Waals surface area contributed by atoms with Crippen molar-refractivity contribution in [2.45, 2.75) is 26.3 Å². The second kappa shape index (κ2) is 5.40. The Morgan fingerprint density at radius 1 is 1.50 bits per heavy atom. The molecule has 0 saturated carbocycles. The number of hydrogen-bond acceptors (Lipinski definition) is 3. The molecule has 4 nitrogen and oxygen atoms in total. The highest BCUT2D eigenvalue weighted by molar-refractivity contribution is 5.97. The average molecular weight is 249 g/mol. The number of aliphatic hydroxyl groups is 1. The molecule has 4 heteroatoms. The van der Waals surface area contributed by atoms with Gasteiger partial charge in [-0.05, 0) is 31.0 Å². The SMILES string of the molecule is CCc1ccc2c(c1)C(=O)N(CCO)[C@@H](C)CO2. The predicted molar refractivity (Wildman–Crippen MR) is 68.9 cm³/mol. The average Bonchev–Trinajstić information content (AvgIpc) is 2.51. The number of rotatable bonds is 3. The number of carbonyl (C=O) groups is 1. The van der Waals surface area contributed by atoms with Crippen molar-refractivity contribution in [1.29, 1.82) is 0 Å². The van der Waals surface area contributed by atoms with E-state index in [1.807, 2.05) is 25.1 Å². The molecule has 2 rings (SSSR count). The molecule has 1 N–H and O–H groups in total. The number of fused-ring (bicyclic) bond motifs is 1. The molecule has 0 saturated heterocycles. The van der Waals surface area contributed by atoms with Crippen molar-refractivity contribution in [2.75, 3.05) is 19.8 Å². The molecule has 1 atom stereocenters. The highest BCUT2D eigenvalue weighted by Gasteiger charge is 2.28. The van der Waals surface area contributed by atoms with Gasteiger partial charge in [0.25, 0.3) is 5.91 Å². The van der Waals surface area contributed by atoms with Crippen molar-refractivity contribution >= 4 is 5.91 Å². The highest BCUT2D eigenvalue weighted by Crippen LogP contribution is 2.26. The van der Waals surface area contributed by atoms with Crippen molar-refractivity contribution in [1.82, 2.24) is 4.90 Å². The molecule has 1 heterocycles.